The third-order valence-electron chi connectivity index (χ3n) is 6.79. The second-order valence-corrected chi connectivity index (χ2v) is 9.16. The Labute approximate surface area is 182 Å². The molecule has 0 saturated carbocycles. The van der Waals surface area contributed by atoms with E-state index in [9.17, 15) is 0 Å². The maximum atomic E-state index is 5.95. The van der Waals surface area contributed by atoms with Crippen molar-refractivity contribution in [1.29, 1.82) is 0 Å². The van der Waals surface area contributed by atoms with Crippen LogP contribution >= 0.6 is 0 Å². The summed E-state index contributed by atoms with van der Waals surface area (Å²) in [5, 5.41) is 4.35. The summed E-state index contributed by atoms with van der Waals surface area (Å²) < 4.78 is 8.00. The molecule has 4 rings (SSSR count). The number of ether oxygens (including phenoxy) is 1. The largest absolute Gasteiger partial charge is 0.377 e. The lowest BCUT2D eigenvalue weighted by Crippen LogP contribution is -2.41. The van der Waals surface area contributed by atoms with Gasteiger partial charge in [-0.3, -0.25) is 9.58 Å². The van der Waals surface area contributed by atoms with Crippen LogP contribution in [-0.2, 0) is 17.8 Å². The Kier molecular flexibility index (Phi) is 7.95. The molecule has 0 amide bonds. The lowest BCUT2D eigenvalue weighted by atomic mass is 9.95. The molecular formula is C25H38N4O. The Morgan fingerprint density at radius 2 is 1.97 bits per heavy atom. The van der Waals surface area contributed by atoms with Crippen LogP contribution in [0.1, 0.15) is 43.2 Å². The van der Waals surface area contributed by atoms with Gasteiger partial charge in [-0.1, -0.05) is 24.3 Å². The third-order valence-corrected chi connectivity index (χ3v) is 6.79. The zero-order valence-corrected chi connectivity index (χ0v) is 18.6. The van der Waals surface area contributed by atoms with Gasteiger partial charge in [-0.05, 0) is 75.2 Å². The Morgan fingerprint density at radius 3 is 2.70 bits per heavy atom. The van der Waals surface area contributed by atoms with Crippen molar-refractivity contribution in [3.63, 3.8) is 0 Å². The molecule has 1 aromatic carbocycles. The monoisotopic (exact) mass is 410 g/mol. The van der Waals surface area contributed by atoms with Gasteiger partial charge >= 0.3 is 0 Å². The highest BCUT2D eigenvalue weighted by Gasteiger charge is 2.24. The average Bonchev–Trinajstić information content (AvgIpc) is 3.45. The van der Waals surface area contributed by atoms with Crippen LogP contribution in [0.2, 0.25) is 0 Å². The van der Waals surface area contributed by atoms with Gasteiger partial charge in [0.1, 0.15) is 0 Å². The predicted octanol–water partition coefficient (Wildman–Crippen LogP) is 3.97. The summed E-state index contributed by atoms with van der Waals surface area (Å²) in [5.41, 5.74) is 2.90. The van der Waals surface area contributed by atoms with E-state index in [1.807, 2.05) is 16.9 Å². The number of benzene rings is 1. The van der Waals surface area contributed by atoms with E-state index in [2.05, 4.69) is 52.3 Å². The SMILES string of the molecule is Cc1ccccc1CN1CCC(CN(CCCn2cccn2)CC2CCCO2)CC1. The van der Waals surface area contributed by atoms with E-state index in [-0.39, 0.29) is 0 Å². The minimum atomic E-state index is 0.441. The van der Waals surface area contributed by atoms with Gasteiger partial charge in [0.15, 0.2) is 0 Å². The zero-order valence-electron chi connectivity index (χ0n) is 18.6. The highest BCUT2D eigenvalue weighted by molar-refractivity contribution is 5.25. The van der Waals surface area contributed by atoms with Crippen molar-refractivity contribution in [2.24, 2.45) is 5.92 Å². The minimum Gasteiger partial charge on any atom is -0.377 e. The normalized spacial score (nSPS) is 20.9. The number of hydrogen-bond donors (Lipinski definition) is 0. The average molecular weight is 411 g/mol. The summed E-state index contributed by atoms with van der Waals surface area (Å²) in [6.07, 6.45) is 10.6. The van der Waals surface area contributed by atoms with Gasteiger partial charge in [0.2, 0.25) is 0 Å². The van der Waals surface area contributed by atoms with Crippen LogP contribution in [-0.4, -0.2) is 65.0 Å². The summed E-state index contributed by atoms with van der Waals surface area (Å²) >= 11 is 0. The van der Waals surface area contributed by atoms with Crippen molar-refractivity contribution < 1.29 is 4.74 Å². The predicted molar refractivity (Wildman–Crippen MR) is 121 cm³/mol. The molecule has 0 spiro atoms. The first-order chi connectivity index (χ1) is 14.8. The Balaban J connectivity index is 1.24. The van der Waals surface area contributed by atoms with E-state index in [4.69, 9.17) is 4.74 Å². The maximum Gasteiger partial charge on any atom is 0.0702 e. The summed E-state index contributed by atoms with van der Waals surface area (Å²) in [7, 11) is 0. The molecule has 5 heteroatoms. The van der Waals surface area contributed by atoms with Gasteiger partial charge in [0.05, 0.1) is 6.10 Å². The number of hydrogen-bond acceptors (Lipinski definition) is 4. The van der Waals surface area contributed by atoms with E-state index >= 15 is 0 Å². The van der Waals surface area contributed by atoms with Crippen molar-refractivity contribution in [1.82, 2.24) is 19.6 Å². The smallest absolute Gasteiger partial charge is 0.0702 e. The maximum absolute atomic E-state index is 5.95. The number of aromatic nitrogens is 2. The van der Waals surface area contributed by atoms with Crippen molar-refractivity contribution in [3.8, 4) is 0 Å². The molecule has 5 nitrogen and oxygen atoms in total. The molecule has 164 valence electrons. The Bertz CT molecular complexity index is 733. The van der Waals surface area contributed by atoms with Crippen LogP contribution in [0.3, 0.4) is 0 Å². The van der Waals surface area contributed by atoms with E-state index in [0.29, 0.717) is 6.10 Å². The van der Waals surface area contributed by atoms with E-state index in [1.54, 1.807) is 0 Å². The second-order valence-electron chi connectivity index (χ2n) is 9.16. The van der Waals surface area contributed by atoms with Gasteiger partial charge < -0.3 is 9.64 Å². The number of nitrogens with zero attached hydrogens (tertiary/aromatic N) is 4. The molecule has 0 bridgehead atoms. The third kappa shape index (κ3) is 6.40. The molecule has 2 saturated heterocycles. The molecule has 2 aliphatic heterocycles. The van der Waals surface area contributed by atoms with E-state index in [0.717, 1.165) is 45.1 Å². The van der Waals surface area contributed by atoms with Crippen molar-refractivity contribution in [2.45, 2.75) is 58.2 Å². The topological polar surface area (TPSA) is 33.5 Å². The number of piperidine rings is 1. The van der Waals surface area contributed by atoms with Gasteiger partial charge in [-0.15, -0.1) is 0 Å². The van der Waals surface area contributed by atoms with Gasteiger partial charge in [0.25, 0.3) is 0 Å². The molecule has 0 radical (unpaired) electrons. The molecule has 2 aromatic rings. The molecule has 3 heterocycles. The number of likely N-dealkylation sites (tertiary alicyclic amines) is 1. The molecular weight excluding hydrogens is 372 g/mol. The standard InChI is InChI=1S/C25H38N4O/c1-22-7-2-3-8-24(22)20-27-16-10-23(11-17-27)19-28(21-25-9-4-18-30-25)13-6-15-29-14-5-12-26-29/h2-3,5,7-8,12,14,23,25H,4,6,9-11,13,15-21H2,1H3. The summed E-state index contributed by atoms with van der Waals surface area (Å²) in [6, 6.07) is 10.8. The highest BCUT2D eigenvalue weighted by atomic mass is 16.5. The van der Waals surface area contributed by atoms with Gasteiger partial charge in [-0.2, -0.15) is 5.10 Å². The number of aryl methyl sites for hydroxylation is 2. The van der Waals surface area contributed by atoms with Crippen molar-refractivity contribution >= 4 is 0 Å². The van der Waals surface area contributed by atoms with E-state index < -0.39 is 0 Å². The minimum absolute atomic E-state index is 0.441. The summed E-state index contributed by atoms with van der Waals surface area (Å²) in [4.78, 5) is 5.32. The van der Waals surface area contributed by atoms with Crippen LogP contribution in [0.5, 0.6) is 0 Å². The van der Waals surface area contributed by atoms with Crippen LogP contribution in [0.25, 0.3) is 0 Å². The van der Waals surface area contributed by atoms with Crippen LogP contribution in [0.4, 0.5) is 0 Å². The van der Waals surface area contributed by atoms with Crippen LogP contribution in [0, 0.1) is 12.8 Å². The van der Waals surface area contributed by atoms with Gasteiger partial charge in [-0.25, -0.2) is 0 Å². The quantitative estimate of drug-likeness (QED) is 0.593. The van der Waals surface area contributed by atoms with Crippen LogP contribution in [0.15, 0.2) is 42.7 Å². The molecule has 1 aromatic heterocycles. The molecule has 1 atom stereocenters. The fourth-order valence-electron chi connectivity index (χ4n) is 4.94. The van der Waals surface area contributed by atoms with Gasteiger partial charge in [0, 0.05) is 51.7 Å². The molecule has 2 aliphatic rings. The summed E-state index contributed by atoms with van der Waals surface area (Å²) in [5.74, 6) is 0.809. The Morgan fingerprint density at radius 1 is 1.10 bits per heavy atom. The lowest BCUT2D eigenvalue weighted by molar-refractivity contribution is 0.0590. The second kappa shape index (κ2) is 11.1. The first-order valence-electron chi connectivity index (χ1n) is 11.8. The van der Waals surface area contributed by atoms with Crippen LogP contribution < -0.4 is 0 Å². The first-order valence-corrected chi connectivity index (χ1v) is 11.8. The lowest BCUT2D eigenvalue weighted by Gasteiger charge is -2.35. The Hall–Kier alpha value is -1.69. The van der Waals surface area contributed by atoms with Crippen molar-refractivity contribution in [2.75, 3.05) is 39.3 Å². The molecule has 1 unspecified atom stereocenters. The molecule has 30 heavy (non-hydrogen) atoms. The van der Waals surface area contributed by atoms with E-state index in [1.165, 1.54) is 56.4 Å². The first kappa shape index (κ1) is 21.5. The summed E-state index contributed by atoms with van der Waals surface area (Å²) in [6.45, 7) is 11.2. The molecule has 0 N–H and O–H groups in total. The van der Waals surface area contributed by atoms with Crippen molar-refractivity contribution in [3.05, 3.63) is 53.9 Å². The fourth-order valence-corrected chi connectivity index (χ4v) is 4.94. The zero-order chi connectivity index (χ0) is 20.6. The highest BCUT2D eigenvalue weighted by Crippen LogP contribution is 2.22. The molecule has 2 fully saturated rings. The number of rotatable bonds is 10. The fraction of sp³-hybridized carbons (Fsp3) is 0.640. The molecule has 0 aliphatic carbocycles.